The lowest BCUT2D eigenvalue weighted by Crippen LogP contribution is -2.57. The van der Waals surface area contributed by atoms with Crippen molar-refractivity contribution < 1.29 is 9.47 Å². The molecule has 1 aromatic carbocycles. The molecule has 2 aromatic heterocycles. The number of hydrogen-bond donors (Lipinski definition) is 0. The second kappa shape index (κ2) is 8.27. The minimum absolute atomic E-state index is 0.0747. The van der Waals surface area contributed by atoms with Gasteiger partial charge in [-0.2, -0.15) is 10.4 Å². The van der Waals surface area contributed by atoms with Gasteiger partial charge in [0.15, 0.2) is 11.5 Å². The molecule has 6 rings (SSSR count). The fourth-order valence-electron chi connectivity index (χ4n) is 5.67. The van der Waals surface area contributed by atoms with Gasteiger partial charge in [-0.15, -0.1) is 0 Å². The van der Waals surface area contributed by atoms with Crippen molar-refractivity contribution in [3.8, 4) is 17.6 Å². The lowest BCUT2D eigenvalue weighted by molar-refractivity contribution is 0.0709. The summed E-state index contributed by atoms with van der Waals surface area (Å²) in [6.45, 7) is 9.09. The number of benzene rings is 1. The Labute approximate surface area is 210 Å². The second-order valence-electron chi connectivity index (χ2n) is 10.6. The molecule has 2 aliphatic heterocycles. The number of anilines is 1. The van der Waals surface area contributed by atoms with Crippen LogP contribution in [0.4, 0.5) is 5.69 Å². The Morgan fingerprint density at radius 3 is 2.75 bits per heavy atom. The highest BCUT2D eigenvalue weighted by Gasteiger charge is 2.49. The molecule has 188 valence electrons. The van der Waals surface area contributed by atoms with E-state index >= 15 is 0 Å². The molecular formula is C27H32N6O3. The lowest BCUT2D eigenvalue weighted by atomic mass is 9.99. The van der Waals surface area contributed by atoms with Gasteiger partial charge in [-0.3, -0.25) is 14.4 Å². The first kappa shape index (κ1) is 22.9. The van der Waals surface area contributed by atoms with Gasteiger partial charge in [-0.1, -0.05) is 6.07 Å². The summed E-state index contributed by atoms with van der Waals surface area (Å²) in [5.74, 6) is 1.69. The second-order valence-corrected chi connectivity index (χ2v) is 10.6. The Morgan fingerprint density at radius 1 is 1.19 bits per heavy atom. The van der Waals surface area contributed by atoms with Crippen LogP contribution in [0.5, 0.6) is 11.5 Å². The number of aromatic nitrogens is 3. The Morgan fingerprint density at radius 2 is 2.00 bits per heavy atom. The van der Waals surface area contributed by atoms with Crippen molar-refractivity contribution in [3.63, 3.8) is 0 Å². The summed E-state index contributed by atoms with van der Waals surface area (Å²) >= 11 is 0. The molecule has 2 fully saturated rings. The first-order valence-electron chi connectivity index (χ1n) is 12.7. The number of aryl methyl sites for hydroxylation is 1. The average molecular weight is 489 g/mol. The number of nitriles is 1. The quantitative estimate of drug-likeness (QED) is 0.557. The molecule has 0 bridgehead atoms. The van der Waals surface area contributed by atoms with E-state index in [2.05, 4.69) is 53.9 Å². The van der Waals surface area contributed by atoms with Crippen molar-refractivity contribution in [1.29, 1.82) is 5.26 Å². The summed E-state index contributed by atoms with van der Waals surface area (Å²) in [5, 5.41) is 13.8. The van der Waals surface area contributed by atoms with E-state index in [9.17, 15) is 4.79 Å². The van der Waals surface area contributed by atoms with Crippen LogP contribution >= 0.6 is 0 Å². The molecule has 1 aliphatic carbocycles. The first-order valence-corrected chi connectivity index (χ1v) is 12.7. The highest BCUT2D eigenvalue weighted by atomic mass is 16.6. The number of fused-ring (bicyclic) bond motifs is 2. The third-order valence-electron chi connectivity index (χ3n) is 8.09. The van der Waals surface area contributed by atoms with Crippen molar-refractivity contribution in [2.24, 2.45) is 7.05 Å². The third kappa shape index (κ3) is 3.71. The Bertz CT molecular complexity index is 1430. The molecule has 0 N–H and O–H groups in total. The number of nitrogens with zero attached hydrogens (tertiary/aromatic N) is 6. The number of piperazine rings is 1. The maximum atomic E-state index is 12.8. The Balaban J connectivity index is 1.27. The van der Waals surface area contributed by atoms with Gasteiger partial charge in [0.25, 0.3) is 5.56 Å². The largest absolute Gasteiger partial charge is 0.486 e. The number of hydrogen-bond acceptors (Lipinski definition) is 7. The fraction of sp³-hybridized carbons (Fsp3) is 0.519. The van der Waals surface area contributed by atoms with Gasteiger partial charge in [0, 0.05) is 44.3 Å². The van der Waals surface area contributed by atoms with Crippen LogP contribution in [-0.2, 0) is 13.6 Å². The Hall–Kier alpha value is -3.51. The van der Waals surface area contributed by atoms with E-state index in [1.165, 1.54) is 5.56 Å². The molecule has 1 saturated carbocycles. The monoisotopic (exact) mass is 488 g/mol. The van der Waals surface area contributed by atoms with Crippen LogP contribution in [0.2, 0.25) is 0 Å². The van der Waals surface area contributed by atoms with Crippen LogP contribution in [0.1, 0.15) is 45.2 Å². The van der Waals surface area contributed by atoms with Crippen molar-refractivity contribution in [2.75, 3.05) is 24.6 Å². The van der Waals surface area contributed by atoms with E-state index in [1.54, 1.807) is 28.6 Å². The van der Waals surface area contributed by atoms with Gasteiger partial charge in [-0.05, 0) is 51.3 Å². The zero-order valence-corrected chi connectivity index (χ0v) is 21.3. The first-order chi connectivity index (χ1) is 17.3. The molecule has 1 unspecified atom stereocenters. The highest BCUT2D eigenvalue weighted by Crippen LogP contribution is 2.48. The van der Waals surface area contributed by atoms with Crippen molar-refractivity contribution in [2.45, 2.75) is 63.9 Å². The lowest BCUT2D eigenvalue weighted by Gasteiger charge is -2.47. The van der Waals surface area contributed by atoms with Crippen molar-refractivity contribution in [3.05, 3.63) is 46.4 Å². The molecule has 1 saturated heterocycles. The minimum atomic E-state index is -0.0966. The maximum absolute atomic E-state index is 12.8. The van der Waals surface area contributed by atoms with E-state index in [4.69, 9.17) is 14.7 Å². The van der Waals surface area contributed by atoms with Crippen LogP contribution < -0.4 is 19.9 Å². The average Bonchev–Trinajstić information content (AvgIpc) is 3.47. The predicted molar refractivity (Wildman–Crippen MR) is 137 cm³/mol. The molecule has 36 heavy (non-hydrogen) atoms. The van der Waals surface area contributed by atoms with Gasteiger partial charge < -0.3 is 18.9 Å². The van der Waals surface area contributed by atoms with Crippen LogP contribution in [0.25, 0.3) is 11.0 Å². The SMILES string of the molecule is CC(c1ccc2c(c1)OC1(CC1)CO2)N1C[C@H](C)N(c2cc(=O)n(C)c3cn(CC#N)nc23)C[C@H]1C. The van der Waals surface area contributed by atoms with Crippen molar-refractivity contribution in [1.82, 2.24) is 19.2 Å². The van der Waals surface area contributed by atoms with Crippen LogP contribution in [0, 0.1) is 11.3 Å². The number of ether oxygens (including phenoxy) is 2. The van der Waals surface area contributed by atoms with Gasteiger partial charge in [0.1, 0.15) is 24.3 Å². The molecule has 9 nitrogen and oxygen atoms in total. The van der Waals surface area contributed by atoms with Gasteiger partial charge >= 0.3 is 0 Å². The fourth-order valence-corrected chi connectivity index (χ4v) is 5.67. The molecule has 3 aromatic rings. The van der Waals surface area contributed by atoms with E-state index in [1.807, 2.05) is 6.07 Å². The summed E-state index contributed by atoms with van der Waals surface area (Å²) in [6, 6.07) is 10.8. The van der Waals surface area contributed by atoms with Gasteiger partial charge in [0.05, 0.1) is 23.5 Å². The topological polar surface area (TPSA) is 88.5 Å². The standard InChI is InChI=1S/C27H32N6O3/c1-17-14-33(21-12-25(34)30(4)22-15-31(10-9-28)29-26(21)22)18(2)13-32(17)19(3)20-5-6-23-24(11-20)36-27(7-8-27)16-35-23/h5-6,11-12,15,17-19H,7-8,10,13-14,16H2,1-4H3/t17-,18+,19?/m1/s1. The van der Waals surface area contributed by atoms with Gasteiger partial charge in [0.2, 0.25) is 0 Å². The molecule has 0 amide bonds. The maximum Gasteiger partial charge on any atom is 0.252 e. The van der Waals surface area contributed by atoms with E-state index < -0.39 is 0 Å². The van der Waals surface area contributed by atoms with Gasteiger partial charge in [-0.25, -0.2) is 0 Å². The highest BCUT2D eigenvalue weighted by molar-refractivity contribution is 5.88. The minimum Gasteiger partial charge on any atom is -0.486 e. The van der Waals surface area contributed by atoms with Crippen molar-refractivity contribution >= 4 is 16.7 Å². The van der Waals surface area contributed by atoms with Crippen LogP contribution in [0.15, 0.2) is 35.3 Å². The molecule has 3 aliphatic rings. The molecular weight excluding hydrogens is 456 g/mol. The summed E-state index contributed by atoms with van der Waals surface area (Å²) in [7, 11) is 1.75. The smallest absolute Gasteiger partial charge is 0.252 e. The number of pyridine rings is 1. The zero-order valence-electron chi connectivity index (χ0n) is 21.3. The van der Waals surface area contributed by atoms with E-state index in [0.29, 0.717) is 6.61 Å². The number of rotatable bonds is 4. The summed E-state index contributed by atoms with van der Waals surface area (Å²) < 4.78 is 15.5. The molecule has 9 heteroatoms. The zero-order chi connectivity index (χ0) is 25.2. The van der Waals surface area contributed by atoms with Crippen LogP contribution in [-0.4, -0.2) is 56.6 Å². The molecule has 3 atom stereocenters. The summed E-state index contributed by atoms with van der Waals surface area (Å²) in [5.41, 5.74) is 3.39. The van der Waals surface area contributed by atoms with E-state index in [0.717, 1.165) is 54.2 Å². The Kier molecular flexibility index (Phi) is 5.27. The summed E-state index contributed by atoms with van der Waals surface area (Å²) in [6.07, 6.45) is 3.91. The molecule has 0 radical (unpaired) electrons. The third-order valence-corrected chi connectivity index (χ3v) is 8.09. The summed E-state index contributed by atoms with van der Waals surface area (Å²) in [4.78, 5) is 17.6. The predicted octanol–water partition coefficient (Wildman–Crippen LogP) is 3.22. The molecule has 4 heterocycles. The normalized spacial score (nSPS) is 23.6. The van der Waals surface area contributed by atoms with Crippen LogP contribution in [0.3, 0.4) is 0 Å². The molecule has 1 spiro atoms. The van der Waals surface area contributed by atoms with E-state index in [-0.39, 0.29) is 35.8 Å².